The summed E-state index contributed by atoms with van der Waals surface area (Å²) in [5, 5.41) is 1.70. The molecule has 134 valence electrons. The summed E-state index contributed by atoms with van der Waals surface area (Å²) in [6.45, 7) is 0.414. The first-order valence-electron chi connectivity index (χ1n) is 7.77. The van der Waals surface area contributed by atoms with Crippen molar-refractivity contribution in [2.45, 2.75) is 10.8 Å². The van der Waals surface area contributed by atoms with Gasteiger partial charge in [0.1, 0.15) is 10.8 Å². The topological polar surface area (TPSA) is 65.0 Å². The van der Waals surface area contributed by atoms with Gasteiger partial charge in [-0.3, -0.25) is 0 Å². The fourth-order valence-electron chi connectivity index (χ4n) is 2.21. The van der Waals surface area contributed by atoms with Crippen LogP contribution in [0.1, 0.15) is 11.1 Å². The Kier molecular flexibility index (Phi) is 5.70. The molecule has 0 aliphatic heterocycles. The van der Waals surface area contributed by atoms with Crippen molar-refractivity contribution in [3.63, 3.8) is 0 Å². The van der Waals surface area contributed by atoms with E-state index in [1.165, 1.54) is 19.4 Å². The third-order valence-corrected chi connectivity index (χ3v) is 6.12. The first kappa shape index (κ1) is 18.2. The van der Waals surface area contributed by atoms with Crippen LogP contribution in [0.3, 0.4) is 0 Å². The van der Waals surface area contributed by atoms with Crippen molar-refractivity contribution in [1.82, 2.24) is 0 Å². The maximum absolute atomic E-state index is 12.1. The Labute approximate surface area is 156 Å². The number of ether oxygens (including phenoxy) is 2. The highest BCUT2D eigenvalue weighted by atomic mass is 32.2. The normalized spacial score (nSPS) is 11.6. The number of sulfonamides is 1. The number of hydrogen-bond acceptors (Lipinski definition) is 5. The van der Waals surface area contributed by atoms with E-state index in [9.17, 15) is 8.42 Å². The SMILES string of the molecule is COc1cc(/C=N\S(=O)(=O)c2cccs2)ccc1OCc1ccccc1. The zero-order valence-electron chi connectivity index (χ0n) is 14.0. The molecule has 1 aromatic heterocycles. The van der Waals surface area contributed by atoms with Gasteiger partial charge in [0.15, 0.2) is 11.5 Å². The molecule has 0 aliphatic carbocycles. The summed E-state index contributed by atoms with van der Waals surface area (Å²) >= 11 is 1.13. The molecule has 2 aromatic carbocycles. The fraction of sp³-hybridized carbons (Fsp3) is 0.105. The molecule has 3 aromatic rings. The second-order valence-corrected chi connectivity index (χ2v) is 8.13. The van der Waals surface area contributed by atoms with Crippen LogP contribution in [0.5, 0.6) is 11.5 Å². The van der Waals surface area contributed by atoms with E-state index in [0.29, 0.717) is 23.7 Å². The van der Waals surface area contributed by atoms with Crippen LogP contribution < -0.4 is 9.47 Å². The molecule has 1 heterocycles. The standard InChI is InChI=1S/C19H17NO4S2/c1-23-18-12-16(13-20-26(21,22)19-8-5-11-25-19)9-10-17(18)24-14-15-6-3-2-4-7-15/h2-13H,14H2,1H3/b20-13-. The van der Waals surface area contributed by atoms with Crippen LogP contribution in [-0.4, -0.2) is 21.7 Å². The monoisotopic (exact) mass is 387 g/mol. The van der Waals surface area contributed by atoms with Crippen LogP contribution in [0.4, 0.5) is 0 Å². The van der Waals surface area contributed by atoms with E-state index >= 15 is 0 Å². The lowest BCUT2D eigenvalue weighted by atomic mass is 10.2. The summed E-state index contributed by atoms with van der Waals surface area (Å²) in [5.74, 6) is 1.09. The first-order valence-corrected chi connectivity index (χ1v) is 10.1. The molecule has 0 spiro atoms. The molecule has 0 saturated heterocycles. The highest BCUT2D eigenvalue weighted by Crippen LogP contribution is 2.28. The van der Waals surface area contributed by atoms with Crippen LogP contribution in [-0.2, 0) is 16.6 Å². The van der Waals surface area contributed by atoms with Crippen LogP contribution in [0.2, 0.25) is 0 Å². The van der Waals surface area contributed by atoms with E-state index in [4.69, 9.17) is 9.47 Å². The van der Waals surface area contributed by atoms with Crippen molar-refractivity contribution >= 4 is 27.6 Å². The van der Waals surface area contributed by atoms with E-state index in [1.54, 1.807) is 29.6 Å². The minimum absolute atomic E-state index is 0.212. The van der Waals surface area contributed by atoms with E-state index in [-0.39, 0.29) is 4.21 Å². The van der Waals surface area contributed by atoms with E-state index in [0.717, 1.165) is 16.9 Å². The quantitative estimate of drug-likeness (QED) is 0.572. The van der Waals surface area contributed by atoms with Gasteiger partial charge >= 0.3 is 0 Å². The van der Waals surface area contributed by atoms with Gasteiger partial charge in [0.25, 0.3) is 10.0 Å². The maximum atomic E-state index is 12.1. The van der Waals surface area contributed by atoms with Crippen molar-refractivity contribution in [2.24, 2.45) is 4.40 Å². The van der Waals surface area contributed by atoms with Gasteiger partial charge in [-0.2, -0.15) is 12.8 Å². The Morgan fingerprint density at radius 2 is 1.85 bits per heavy atom. The molecule has 0 unspecified atom stereocenters. The highest BCUT2D eigenvalue weighted by Gasteiger charge is 2.12. The van der Waals surface area contributed by atoms with Crippen LogP contribution in [0.25, 0.3) is 0 Å². The Morgan fingerprint density at radius 3 is 2.54 bits per heavy atom. The third-order valence-electron chi connectivity index (χ3n) is 3.51. The molecule has 7 heteroatoms. The molecule has 0 amide bonds. The summed E-state index contributed by atoms with van der Waals surface area (Å²) in [4.78, 5) is 0. The second-order valence-electron chi connectivity index (χ2n) is 5.33. The van der Waals surface area contributed by atoms with Crippen LogP contribution in [0, 0.1) is 0 Å². The molecule has 0 bridgehead atoms. The number of hydrogen-bond donors (Lipinski definition) is 0. The average Bonchev–Trinajstić information content (AvgIpc) is 3.22. The van der Waals surface area contributed by atoms with Crippen LogP contribution >= 0.6 is 11.3 Å². The van der Waals surface area contributed by atoms with E-state index in [2.05, 4.69) is 4.40 Å². The van der Waals surface area contributed by atoms with Gasteiger partial charge in [-0.05, 0) is 40.8 Å². The number of nitrogens with zero attached hydrogens (tertiary/aromatic N) is 1. The minimum Gasteiger partial charge on any atom is -0.493 e. The Balaban J connectivity index is 1.75. The van der Waals surface area contributed by atoms with Gasteiger partial charge in [-0.25, -0.2) is 0 Å². The van der Waals surface area contributed by atoms with E-state index < -0.39 is 10.0 Å². The van der Waals surface area contributed by atoms with Crippen LogP contribution in [0.15, 0.2) is 74.7 Å². The van der Waals surface area contributed by atoms with Crippen molar-refractivity contribution in [3.8, 4) is 11.5 Å². The van der Waals surface area contributed by atoms with Gasteiger partial charge in [-0.15, -0.1) is 11.3 Å². The largest absolute Gasteiger partial charge is 0.493 e. The van der Waals surface area contributed by atoms with Gasteiger partial charge < -0.3 is 9.47 Å². The number of rotatable bonds is 7. The zero-order valence-corrected chi connectivity index (χ0v) is 15.7. The summed E-state index contributed by atoms with van der Waals surface area (Å²) in [6, 6.07) is 18.2. The molecular formula is C19H17NO4S2. The van der Waals surface area contributed by atoms with Crippen molar-refractivity contribution < 1.29 is 17.9 Å². The van der Waals surface area contributed by atoms with Gasteiger partial charge in [0, 0.05) is 6.21 Å². The summed E-state index contributed by atoms with van der Waals surface area (Å²) in [5.41, 5.74) is 1.65. The molecule has 0 radical (unpaired) electrons. The minimum atomic E-state index is -3.68. The molecule has 0 N–H and O–H groups in total. The van der Waals surface area contributed by atoms with Crippen molar-refractivity contribution in [2.75, 3.05) is 7.11 Å². The average molecular weight is 387 g/mol. The fourth-order valence-corrected chi connectivity index (χ4v) is 4.06. The van der Waals surface area contributed by atoms with Crippen molar-refractivity contribution in [3.05, 3.63) is 77.2 Å². The third kappa shape index (κ3) is 4.50. The molecule has 0 fully saturated rings. The smallest absolute Gasteiger partial charge is 0.291 e. The Hall–Kier alpha value is -2.64. The second kappa shape index (κ2) is 8.16. The van der Waals surface area contributed by atoms with Gasteiger partial charge in [-0.1, -0.05) is 36.4 Å². The summed E-state index contributed by atoms with van der Waals surface area (Å²) in [6.07, 6.45) is 1.30. The summed E-state index contributed by atoms with van der Waals surface area (Å²) < 4.78 is 39.3. The molecule has 0 atom stereocenters. The molecular weight excluding hydrogens is 370 g/mol. The van der Waals surface area contributed by atoms with Gasteiger partial charge in [0.2, 0.25) is 0 Å². The lowest BCUT2D eigenvalue weighted by molar-refractivity contribution is 0.284. The lowest BCUT2D eigenvalue weighted by Crippen LogP contribution is -1.99. The Morgan fingerprint density at radius 1 is 1.04 bits per heavy atom. The molecule has 26 heavy (non-hydrogen) atoms. The van der Waals surface area contributed by atoms with E-state index in [1.807, 2.05) is 30.3 Å². The first-order chi connectivity index (χ1) is 12.6. The summed E-state index contributed by atoms with van der Waals surface area (Å²) in [7, 11) is -2.14. The predicted octanol–water partition coefficient (Wildman–Crippen LogP) is 4.14. The number of methoxy groups -OCH3 is 1. The Bertz CT molecular complexity index is 982. The lowest BCUT2D eigenvalue weighted by Gasteiger charge is -2.11. The number of thiophene rings is 1. The molecule has 3 rings (SSSR count). The molecule has 5 nitrogen and oxygen atoms in total. The molecule has 0 aliphatic rings. The molecule has 0 saturated carbocycles. The highest BCUT2D eigenvalue weighted by molar-refractivity contribution is 7.92. The zero-order chi connectivity index (χ0) is 18.4. The van der Waals surface area contributed by atoms with Gasteiger partial charge in [0.05, 0.1) is 7.11 Å². The van der Waals surface area contributed by atoms with Crippen molar-refractivity contribution in [1.29, 1.82) is 0 Å². The predicted molar refractivity (Wildman–Crippen MR) is 103 cm³/mol. The number of benzene rings is 2. The maximum Gasteiger partial charge on any atom is 0.291 e.